The van der Waals surface area contributed by atoms with Crippen LogP contribution in [0, 0.1) is 5.92 Å². The Balaban J connectivity index is 2.11. The molecule has 0 atom stereocenters. The Kier molecular flexibility index (Phi) is 4.90. The Hall–Kier alpha value is -0.820. The van der Waals surface area contributed by atoms with Crippen molar-refractivity contribution in [2.75, 3.05) is 18.5 Å². The average molecular weight is 338 g/mol. The van der Waals surface area contributed by atoms with Crippen LogP contribution in [0.15, 0.2) is 23.1 Å². The van der Waals surface area contributed by atoms with Gasteiger partial charge in [0.1, 0.15) is 0 Å². The Morgan fingerprint density at radius 3 is 2.50 bits per heavy atom. The molecule has 8 heteroatoms. The molecule has 1 fully saturated rings. The van der Waals surface area contributed by atoms with Gasteiger partial charge in [-0.1, -0.05) is 11.6 Å². The van der Waals surface area contributed by atoms with Gasteiger partial charge in [0, 0.05) is 29.8 Å². The first-order chi connectivity index (χ1) is 9.38. The van der Waals surface area contributed by atoms with E-state index in [9.17, 15) is 13.2 Å². The maximum Gasteiger partial charge on any atom is 0.261 e. The predicted molar refractivity (Wildman–Crippen MR) is 76.7 cm³/mol. The minimum Gasteiger partial charge on any atom is -0.381 e. The first-order valence-corrected chi connectivity index (χ1v) is 8.69. The molecule has 1 saturated heterocycles. The number of hydrogen-bond acceptors (Lipinski definition) is 4. The second-order valence-electron chi connectivity index (χ2n) is 4.46. The van der Waals surface area contributed by atoms with Crippen LogP contribution in [0.1, 0.15) is 12.8 Å². The van der Waals surface area contributed by atoms with Gasteiger partial charge in [0.15, 0.2) is 0 Å². The molecule has 0 saturated carbocycles. The monoisotopic (exact) mass is 337 g/mol. The van der Waals surface area contributed by atoms with Gasteiger partial charge in [0.2, 0.25) is 5.91 Å². The third-order valence-corrected chi connectivity index (χ3v) is 4.74. The van der Waals surface area contributed by atoms with Crippen molar-refractivity contribution in [1.82, 2.24) is 0 Å². The fourth-order valence-electron chi connectivity index (χ4n) is 1.94. The van der Waals surface area contributed by atoms with E-state index in [-0.39, 0.29) is 21.7 Å². The van der Waals surface area contributed by atoms with Crippen LogP contribution in [0.2, 0.25) is 5.02 Å². The summed E-state index contributed by atoms with van der Waals surface area (Å²) < 4.78 is 27.5. The van der Waals surface area contributed by atoms with E-state index in [4.69, 9.17) is 27.0 Å². The topological polar surface area (TPSA) is 72.5 Å². The van der Waals surface area contributed by atoms with E-state index in [2.05, 4.69) is 5.32 Å². The summed E-state index contributed by atoms with van der Waals surface area (Å²) in [6, 6.07) is 3.94. The summed E-state index contributed by atoms with van der Waals surface area (Å²) in [5, 5.41) is 2.83. The summed E-state index contributed by atoms with van der Waals surface area (Å²) in [7, 11) is 1.39. The molecule has 1 N–H and O–H groups in total. The van der Waals surface area contributed by atoms with Gasteiger partial charge in [-0.25, -0.2) is 8.42 Å². The lowest BCUT2D eigenvalue weighted by atomic mass is 9.99. The van der Waals surface area contributed by atoms with Crippen molar-refractivity contribution >= 4 is 42.9 Å². The fraction of sp³-hybridized carbons (Fsp3) is 0.417. The summed E-state index contributed by atoms with van der Waals surface area (Å²) >= 11 is 5.96. The lowest BCUT2D eigenvalue weighted by Crippen LogP contribution is -2.28. The minimum absolute atomic E-state index is 0.103. The summed E-state index contributed by atoms with van der Waals surface area (Å²) in [4.78, 5) is 11.9. The first kappa shape index (κ1) is 15.6. The van der Waals surface area contributed by atoms with E-state index in [0.717, 1.165) is 0 Å². The molecule has 1 aliphatic heterocycles. The van der Waals surface area contributed by atoms with Gasteiger partial charge in [-0.3, -0.25) is 4.79 Å². The lowest BCUT2D eigenvalue weighted by molar-refractivity contribution is -0.122. The molecule has 1 aromatic rings. The second-order valence-corrected chi connectivity index (χ2v) is 7.43. The molecule has 1 aliphatic rings. The highest BCUT2D eigenvalue weighted by Crippen LogP contribution is 2.28. The van der Waals surface area contributed by atoms with Crippen molar-refractivity contribution in [2.24, 2.45) is 5.92 Å². The normalized spacial score (nSPS) is 16.9. The Bertz CT molecular complexity index is 612. The first-order valence-electron chi connectivity index (χ1n) is 6.01. The largest absolute Gasteiger partial charge is 0.381 e. The molecule has 110 valence electrons. The molecule has 5 nitrogen and oxygen atoms in total. The third kappa shape index (κ3) is 3.85. The highest BCUT2D eigenvalue weighted by Gasteiger charge is 2.22. The summed E-state index contributed by atoms with van der Waals surface area (Å²) in [5.41, 5.74) is 0.368. The number of hydrogen-bond donors (Lipinski definition) is 1. The van der Waals surface area contributed by atoms with Gasteiger partial charge in [-0.2, -0.15) is 0 Å². The number of benzene rings is 1. The molecule has 0 unspecified atom stereocenters. The van der Waals surface area contributed by atoms with Crippen LogP contribution in [-0.4, -0.2) is 27.5 Å². The van der Waals surface area contributed by atoms with Crippen molar-refractivity contribution in [1.29, 1.82) is 0 Å². The highest BCUT2D eigenvalue weighted by atomic mass is 35.7. The number of amides is 1. The number of rotatable bonds is 3. The van der Waals surface area contributed by atoms with Crippen LogP contribution < -0.4 is 5.32 Å². The Labute approximate surface area is 126 Å². The quantitative estimate of drug-likeness (QED) is 0.860. The zero-order valence-electron chi connectivity index (χ0n) is 10.4. The highest BCUT2D eigenvalue weighted by molar-refractivity contribution is 8.13. The molecular weight excluding hydrogens is 325 g/mol. The maximum absolute atomic E-state index is 12.0. The summed E-state index contributed by atoms with van der Waals surface area (Å²) in [5.74, 6) is -0.257. The number of carbonyl (C=O) groups is 1. The van der Waals surface area contributed by atoms with Crippen LogP contribution in [-0.2, 0) is 18.6 Å². The van der Waals surface area contributed by atoms with E-state index in [1.54, 1.807) is 0 Å². The van der Waals surface area contributed by atoms with E-state index in [1.165, 1.54) is 18.2 Å². The zero-order valence-corrected chi connectivity index (χ0v) is 12.8. The molecule has 1 amide bonds. The smallest absolute Gasteiger partial charge is 0.261 e. The zero-order chi connectivity index (χ0) is 14.8. The number of nitrogens with one attached hydrogen (secondary N) is 1. The number of halogens is 2. The van der Waals surface area contributed by atoms with Crippen molar-refractivity contribution in [3.05, 3.63) is 23.2 Å². The number of carbonyl (C=O) groups excluding carboxylic acids is 1. The van der Waals surface area contributed by atoms with Crippen molar-refractivity contribution in [3.63, 3.8) is 0 Å². The van der Waals surface area contributed by atoms with Crippen LogP contribution in [0.3, 0.4) is 0 Å². The Morgan fingerprint density at radius 2 is 1.95 bits per heavy atom. The molecule has 0 aromatic heterocycles. The average Bonchev–Trinajstić information content (AvgIpc) is 2.41. The number of ether oxygens (including phenoxy) is 1. The maximum atomic E-state index is 12.0. The molecule has 0 spiro atoms. The van der Waals surface area contributed by atoms with Crippen molar-refractivity contribution in [2.45, 2.75) is 17.7 Å². The van der Waals surface area contributed by atoms with E-state index in [1.807, 2.05) is 0 Å². The lowest BCUT2D eigenvalue weighted by Gasteiger charge is -2.21. The van der Waals surface area contributed by atoms with Crippen LogP contribution in [0.5, 0.6) is 0 Å². The SMILES string of the molecule is O=C(Nc1ccc(S(=O)(=O)Cl)cc1Cl)C1CCOCC1. The molecule has 1 heterocycles. The van der Waals surface area contributed by atoms with Crippen molar-refractivity contribution in [3.8, 4) is 0 Å². The molecule has 0 radical (unpaired) electrons. The minimum atomic E-state index is -3.83. The molecule has 0 bridgehead atoms. The molecular formula is C12H13Cl2NO4S. The molecule has 0 aliphatic carbocycles. The van der Waals surface area contributed by atoms with E-state index < -0.39 is 9.05 Å². The molecule has 1 aromatic carbocycles. The number of anilines is 1. The third-order valence-electron chi connectivity index (χ3n) is 3.07. The predicted octanol–water partition coefficient (Wildman–Crippen LogP) is 2.63. The van der Waals surface area contributed by atoms with E-state index >= 15 is 0 Å². The van der Waals surface area contributed by atoms with Gasteiger partial charge >= 0.3 is 0 Å². The van der Waals surface area contributed by atoms with Crippen molar-refractivity contribution < 1.29 is 17.9 Å². The van der Waals surface area contributed by atoms with Crippen LogP contribution in [0.4, 0.5) is 5.69 Å². The van der Waals surface area contributed by atoms with Gasteiger partial charge in [0.05, 0.1) is 15.6 Å². The summed E-state index contributed by atoms with van der Waals surface area (Å²) in [6.07, 6.45) is 1.33. The van der Waals surface area contributed by atoms with Crippen LogP contribution >= 0.6 is 22.3 Å². The molecule has 2 rings (SSSR count). The van der Waals surface area contributed by atoms with Gasteiger partial charge in [-0.15, -0.1) is 0 Å². The Morgan fingerprint density at radius 1 is 1.30 bits per heavy atom. The molecule has 20 heavy (non-hydrogen) atoms. The fourth-order valence-corrected chi connectivity index (χ4v) is 3.01. The van der Waals surface area contributed by atoms with Gasteiger partial charge in [0.25, 0.3) is 9.05 Å². The van der Waals surface area contributed by atoms with Gasteiger partial charge in [-0.05, 0) is 31.0 Å². The van der Waals surface area contributed by atoms with Crippen LogP contribution in [0.25, 0.3) is 0 Å². The second kappa shape index (κ2) is 6.30. The standard InChI is InChI=1S/C12H13Cl2NO4S/c13-10-7-9(20(14,17)18)1-2-11(10)15-12(16)8-3-5-19-6-4-8/h1-2,7-8H,3-6H2,(H,15,16). The summed E-state index contributed by atoms with van der Waals surface area (Å²) in [6.45, 7) is 1.13. The van der Waals surface area contributed by atoms with Gasteiger partial charge < -0.3 is 10.1 Å². The van der Waals surface area contributed by atoms with E-state index in [0.29, 0.717) is 31.7 Å².